The normalized spacial score (nSPS) is 10.3. The van der Waals surface area contributed by atoms with Crippen molar-refractivity contribution in [2.24, 2.45) is 0 Å². The highest BCUT2D eigenvalue weighted by atomic mass is 16.5. The molecule has 20 heavy (non-hydrogen) atoms. The first-order valence-corrected chi connectivity index (χ1v) is 6.15. The molecule has 0 saturated heterocycles. The molecule has 0 radical (unpaired) electrons. The third-order valence-electron chi connectivity index (χ3n) is 2.90. The molecule has 1 heterocycles. The minimum atomic E-state index is -0.260. The van der Waals surface area contributed by atoms with Gasteiger partial charge in [0.15, 0.2) is 0 Å². The van der Waals surface area contributed by atoms with Crippen molar-refractivity contribution in [1.29, 1.82) is 0 Å². The second-order valence-corrected chi connectivity index (χ2v) is 4.43. The van der Waals surface area contributed by atoms with E-state index in [1.807, 2.05) is 13.8 Å². The van der Waals surface area contributed by atoms with Crippen LogP contribution in [0.2, 0.25) is 0 Å². The number of carbonyl (C=O) groups is 1. The number of benzene rings is 1. The van der Waals surface area contributed by atoms with Crippen LogP contribution in [-0.4, -0.2) is 18.0 Å². The zero-order valence-corrected chi connectivity index (χ0v) is 11.7. The number of nitrogens with zero attached hydrogens (tertiary/aromatic N) is 1. The minimum Gasteiger partial charge on any atom is -0.497 e. The van der Waals surface area contributed by atoms with Crippen molar-refractivity contribution in [2.75, 3.05) is 12.8 Å². The van der Waals surface area contributed by atoms with Crippen LogP contribution in [0.5, 0.6) is 5.75 Å². The largest absolute Gasteiger partial charge is 0.497 e. The summed E-state index contributed by atoms with van der Waals surface area (Å²) < 4.78 is 10.5. The van der Waals surface area contributed by atoms with E-state index in [1.165, 1.54) is 7.11 Å². The fourth-order valence-corrected chi connectivity index (χ4v) is 1.74. The number of nitrogens with one attached hydrogen (secondary N) is 1. The van der Waals surface area contributed by atoms with Crippen LogP contribution >= 0.6 is 0 Å². The van der Waals surface area contributed by atoms with E-state index in [-0.39, 0.29) is 12.5 Å². The average molecular weight is 275 g/mol. The average Bonchev–Trinajstić information content (AvgIpc) is 2.74. The third kappa shape index (κ3) is 3.09. The van der Waals surface area contributed by atoms with Gasteiger partial charge in [0.25, 0.3) is 5.91 Å². The SMILES string of the molecule is COc1cc(N)cc(C(=O)NCc2nc(C)c(C)o2)c1. The molecule has 3 N–H and O–H groups in total. The van der Waals surface area contributed by atoms with E-state index in [0.717, 1.165) is 11.5 Å². The van der Waals surface area contributed by atoms with Crippen LogP contribution in [0.25, 0.3) is 0 Å². The first kappa shape index (κ1) is 13.9. The minimum absolute atomic E-state index is 0.227. The molecule has 0 aliphatic carbocycles. The van der Waals surface area contributed by atoms with Gasteiger partial charge in [0, 0.05) is 17.3 Å². The fourth-order valence-electron chi connectivity index (χ4n) is 1.74. The molecule has 0 aliphatic rings. The highest BCUT2D eigenvalue weighted by Crippen LogP contribution is 2.18. The van der Waals surface area contributed by atoms with E-state index < -0.39 is 0 Å². The van der Waals surface area contributed by atoms with Crippen molar-refractivity contribution in [2.45, 2.75) is 20.4 Å². The molecule has 0 aliphatic heterocycles. The Labute approximate surface area is 116 Å². The molecule has 1 aromatic carbocycles. The Bertz CT molecular complexity index is 615. The van der Waals surface area contributed by atoms with Gasteiger partial charge >= 0.3 is 0 Å². The monoisotopic (exact) mass is 275 g/mol. The second-order valence-electron chi connectivity index (χ2n) is 4.43. The van der Waals surface area contributed by atoms with Crippen LogP contribution in [0.4, 0.5) is 5.69 Å². The number of aromatic nitrogens is 1. The van der Waals surface area contributed by atoms with E-state index >= 15 is 0 Å². The van der Waals surface area contributed by atoms with E-state index in [2.05, 4.69) is 10.3 Å². The Kier molecular flexibility index (Phi) is 3.93. The van der Waals surface area contributed by atoms with Crippen molar-refractivity contribution < 1.29 is 13.9 Å². The number of hydrogen-bond acceptors (Lipinski definition) is 5. The fraction of sp³-hybridized carbons (Fsp3) is 0.286. The first-order valence-electron chi connectivity index (χ1n) is 6.15. The number of ether oxygens (including phenoxy) is 1. The van der Waals surface area contributed by atoms with Gasteiger partial charge < -0.3 is 20.2 Å². The lowest BCUT2D eigenvalue weighted by Gasteiger charge is -2.06. The van der Waals surface area contributed by atoms with Gasteiger partial charge in [0.2, 0.25) is 5.89 Å². The van der Waals surface area contributed by atoms with Crippen molar-refractivity contribution in [3.8, 4) is 5.75 Å². The molecular weight excluding hydrogens is 258 g/mol. The number of rotatable bonds is 4. The number of methoxy groups -OCH3 is 1. The lowest BCUT2D eigenvalue weighted by atomic mass is 10.2. The summed E-state index contributed by atoms with van der Waals surface area (Å²) in [5.74, 6) is 1.51. The molecule has 6 heteroatoms. The Morgan fingerprint density at radius 3 is 2.75 bits per heavy atom. The van der Waals surface area contributed by atoms with Crippen molar-refractivity contribution >= 4 is 11.6 Å². The molecule has 2 rings (SSSR count). The van der Waals surface area contributed by atoms with E-state index in [9.17, 15) is 4.79 Å². The van der Waals surface area contributed by atoms with Crippen LogP contribution < -0.4 is 15.8 Å². The summed E-state index contributed by atoms with van der Waals surface area (Å²) in [6.45, 7) is 3.91. The predicted molar refractivity (Wildman–Crippen MR) is 74.6 cm³/mol. The lowest BCUT2D eigenvalue weighted by Crippen LogP contribution is -2.23. The van der Waals surface area contributed by atoms with Gasteiger partial charge in [-0.1, -0.05) is 0 Å². The quantitative estimate of drug-likeness (QED) is 0.830. The van der Waals surface area contributed by atoms with Gasteiger partial charge in [-0.25, -0.2) is 4.98 Å². The molecule has 1 amide bonds. The molecule has 6 nitrogen and oxygen atoms in total. The Hall–Kier alpha value is -2.50. The van der Waals surface area contributed by atoms with Gasteiger partial charge in [-0.15, -0.1) is 0 Å². The zero-order chi connectivity index (χ0) is 14.7. The van der Waals surface area contributed by atoms with Gasteiger partial charge in [-0.3, -0.25) is 4.79 Å². The number of hydrogen-bond donors (Lipinski definition) is 2. The van der Waals surface area contributed by atoms with Gasteiger partial charge in [0.05, 0.1) is 19.3 Å². The Balaban J connectivity index is 2.06. The lowest BCUT2D eigenvalue weighted by molar-refractivity contribution is 0.0947. The number of nitrogens with two attached hydrogens (primary N) is 1. The van der Waals surface area contributed by atoms with Gasteiger partial charge in [-0.2, -0.15) is 0 Å². The predicted octanol–water partition coefficient (Wildman–Crippen LogP) is 1.81. The smallest absolute Gasteiger partial charge is 0.251 e. The number of nitrogen functional groups attached to an aromatic ring is 1. The maximum atomic E-state index is 12.0. The summed E-state index contributed by atoms with van der Waals surface area (Å²) in [6.07, 6.45) is 0. The van der Waals surface area contributed by atoms with Crippen molar-refractivity contribution in [3.63, 3.8) is 0 Å². The van der Waals surface area contributed by atoms with Gasteiger partial charge in [0.1, 0.15) is 11.5 Å². The Morgan fingerprint density at radius 2 is 2.15 bits per heavy atom. The van der Waals surface area contributed by atoms with Crippen LogP contribution in [0, 0.1) is 13.8 Å². The van der Waals surface area contributed by atoms with Crippen LogP contribution in [-0.2, 0) is 6.54 Å². The molecule has 0 fully saturated rings. The number of aryl methyl sites for hydroxylation is 2. The zero-order valence-electron chi connectivity index (χ0n) is 11.7. The summed E-state index contributed by atoms with van der Waals surface area (Å²) in [7, 11) is 1.52. The van der Waals surface area contributed by atoms with Crippen LogP contribution in [0.1, 0.15) is 27.7 Å². The highest BCUT2D eigenvalue weighted by molar-refractivity contribution is 5.95. The molecule has 0 spiro atoms. The molecule has 0 atom stereocenters. The highest BCUT2D eigenvalue weighted by Gasteiger charge is 2.11. The summed E-state index contributed by atoms with van der Waals surface area (Å²) in [4.78, 5) is 16.2. The molecule has 1 aromatic heterocycles. The van der Waals surface area contributed by atoms with Crippen LogP contribution in [0.3, 0.4) is 0 Å². The molecule has 0 saturated carbocycles. The summed E-state index contributed by atoms with van der Waals surface area (Å²) in [6, 6.07) is 4.86. The molecule has 0 bridgehead atoms. The standard InChI is InChI=1S/C14H17N3O3/c1-8-9(2)20-13(17-8)7-16-14(18)10-4-11(15)6-12(5-10)19-3/h4-6H,7,15H2,1-3H3,(H,16,18). The Morgan fingerprint density at radius 1 is 1.40 bits per heavy atom. The van der Waals surface area contributed by atoms with Gasteiger partial charge in [-0.05, 0) is 26.0 Å². The van der Waals surface area contributed by atoms with E-state index in [1.54, 1.807) is 18.2 Å². The molecule has 0 unspecified atom stereocenters. The number of oxazole rings is 1. The molecule has 106 valence electrons. The summed E-state index contributed by atoms with van der Waals surface area (Å²) >= 11 is 0. The van der Waals surface area contributed by atoms with E-state index in [0.29, 0.717) is 22.9 Å². The maximum Gasteiger partial charge on any atom is 0.251 e. The summed E-state index contributed by atoms with van der Waals surface area (Å²) in [5, 5.41) is 2.73. The second kappa shape index (κ2) is 5.64. The molecular formula is C14H17N3O3. The van der Waals surface area contributed by atoms with Crippen molar-refractivity contribution in [3.05, 3.63) is 41.1 Å². The maximum absolute atomic E-state index is 12.0. The number of anilines is 1. The number of amides is 1. The van der Waals surface area contributed by atoms with Crippen LogP contribution in [0.15, 0.2) is 22.6 Å². The van der Waals surface area contributed by atoms with E-state index in [4.69, 9.17) is 14.9 Å². The topological polar surface area (TPSA) is 90.4 Å². The summed E-state index contributed by atoms with van der Waals surface area (Å²) in [5.41, 5.74) is 7.43. The third-order valence-corrected chi connectivity index (χ3v) is 2.90. The first-order chi connectivity index (χ1) is 9.49. The molecule has 2 aromatic rings. The number of carbonyl (C=O) groups excluding carboxylic acids is 1. The van der Waals surface area contributed by atoms with Crippen molar-refractivity contribution in [1.82, 2.24) is 10.3 Å².